The lowest BCUT2D eigenvalue weighted by Crippen LogP contribution is -1.88. The summed E-state index contributed by atoms with van der Waals surface area (Å²) in [5.74, 6) is 0. The van der Waals surface area contributed by atoms with Gasteiger partial charge in [-0.3, -0.25) is 0 Å². The van der Waals surface area contributed by atoms with Crippen LogP contribution in [0.2, 0.25) is 0 Å². The average Bonchev–Trinajstić information content (AvgIpc) is 2.04. The summed E-state index contributed by atoms with van der Waals surface area (Å²) >= 11 is 3.43. The second-order valence-electron chi connectivity index (χ2n) is 2.39. The zero-order valence-corrected chi connectivity index (χ0v) is 8.63. The number of halogens is 1. The fourth-order valence-electron chi connectivity index (χ4n) is 0.914. The smallest absolute Gasteiger partial charge is 0.106 e. The molecule has 1 aromatic carbocycles. The van der Waals surface area contributed by atoms with E-state index in [0.717, 1.165) is 10.0 Å². The number of hydrogen-bond acceptors (Lipinski definition) is 2. The number of nitrogens with zero attached hydrogens (tertiary/aromatic N) is 1. The van der Waals surface area contributed by atoms with Crippen molar-refractivity contribution in [3.05, 3.63) is 33.8 Å². The van der Waals surface area contributed by atoms with Gasteiger partial charge in [0.05, 0.1) is 6.21 Å². The summed E-state index contributed by atoms with van der Waals surface area (Å²) < 4.78 is 1.03. The van der Waals surface area contributed by atoms with E-state index in [1.807, 2.05) is 25.1 Å². The summed E-state index contributed by atoms with van der Waals surface area (Å²) in [5.41, 5.74) is 2.23. The minimum absolute atomic E-state index is 1.03. The highest BCUT2D eigenvalue weighted by molar-refractivity contribution is 9.10. The molecule has 0 aromatic heterocycles. The maximum absolute atomic E-state index is 4.60. The van der Waals surface area contributed by atoms with E-state index in [9.17, 15) is 0 Å². The molecule has 0 unspecified atom stereocenters. The third-order valence-electron chi connectivity index (χ3n) is 1.56. The molecule has 0 fully saturated rings. The Hall–Kier alpha value is -0.830. The Bertz CT molecular complexity index is 276. The first-order valence-electron chi connectivity index (χ1n) is 3.57. The van der Waals surface area contributed by atoms with E-state index >= 15 is 0 Å². The first-order chi connectivity index (χ1) is 5.75. The van der Waals surface area contributed by atoms with Gasteiger partial charge in [-0.2, -0.15) is 0 Å². The highest BCUT2D eigenvalue weighted by atomic mass is 79.9. The maximum atomic E-state index is 4.60. The summed E-state index contributed by atoms with van der Waals surface area (Å²) in [6.07, 6.45) is 1.69. The zero-order chi connectivity index (χ0) is 8.97. The molecule has 0 radical (unpaired) electrons. The monoisotopic (exact) mass is 227 g/mol. The van der Waals surface area contributed by atoms with Crippen LogP contribution in [-0.2, 0) is 4.84 Å². The van der Waals surface area contributed by atoms with Gasteiger partial charge in [0, 0.05) is 10.0 Å². The molecule has 12 heavy (non-hydrogen) atoms. The minimum Gasteiger partial charge on any atom is -0.399 e. The molecule has 0 amide bonds. The lowest BCUT2D eigenvalue weighted by molar-refractivity contribution is 0.215. The highest BCUT2D eigenvalue weighted by Gasteiger charge is 1.98. The molecule has 0 aliphatic heterocycles. The zero-order valence-electron chi connectivity index (χ0n) is 7.04. The molecule has 3 heteroatoms. The van der Waals surface area contributed by atoms with Gasteiger partial charge in [0.1, 0.15) is 7.11 Å². The van der Waals surface area contributed by atoms with Crippen molar-refractivity contribution in [1.29, 1.82) is 0 Å². The largest absolute Gasteiger partial charge is 0.399 e. The predicted octanol–water partition coefficient (Wildman–Crippen LogP) is 2.74. The van der Waals surface area contributed by atoms with Crippen LogP contribution in [-0.4, -0.2) is 13.3 Å². The van der Waals surface area contributed by atoms with Gasteiger partial charge in [0.2, 0.25) is 0 Å². The lowest BCUT2D eigenvalue weighted by atomic mass is 10.1. The van der Waals surface area contributed by atoms with Crippen LogP contribution < -0.4 is 0 Å². The van der Waals surface area contributed by atoms with Crippen LogP contribution in [0.4, 0.5) is 0 Å². The molecular formula is C9H10BrNO. The van der Waals surface area contributed by atoms with Gasteiger partial charge in [-0.25, -0.2) is 0 Å². The van der Waals surface area contributed by atoms with Gasteiger partial charge in [-0.15, -0.1) is 0 Å². The molecule has 64 valence electrons. The summed E-state index contributed by atoms with van der Waals surface area (Å²) in [5, 5.41) is 3.71. The molecule has 1 aromatic rings. The average molecular weight is 228 g/mol. The molecule has 0 N–H and O–H groups in total. The summed E-state index contributed by atoms with van der Waals surface area (Å²) in [7, 11) is 1.53. The Balaban J connectivity index is 3.04. The van der Waals surface area contributed by atoms with Gasteiger partial charge in [0.25, 0.3) is 0 Å². The van der Waals surface area contributed by atoms with Crippen molar-refractivity contribution in [2.75, 3.05) is 7.11 Å². The van der Waals surface area contributed by atoms with E-state index in [2.05, 4.69) is 25.9 Å². The second-order valence-corrected chi connectivity index (χ2v) is 3.24. The fourth-order valence-corrected chi connectivity index (χ4v) is 1.48. The molecule has 0 heterocycles. The van der Waals surface area contributed by atoms with Gasteiger partial charge in [-0.1, -0.05) is 33.2 Å². The Morgan fingerprint density at radius 1 is 1.50 bits per heavy atom. The molecule has 2 nitrogen and oxygen atoms in total. The Labute approximate surface area is 80.4 Å². The van der Waals surface area contributed by atoms with Gasteiger partial charge in [-0.05, 0) is 18.6 Å². The van der Waals surface area contributed by atoms with Crippen LogP contribution >= 0.6 is 15.9 Å². The first-order valence-corrected chi connectivity index (χ1v) is 4.36. The molecule has 0 spiro atoms. The number of benzene rings is 1. The third kappa shape index (κ3) is 2.08. The van der Waals surface area contributed by atoms with Crippen molar-refractivity contribution in [3.63, 3.8) is 0 Å². The predicted molar refractivity (Wildman–Crippen MR) is 53.5 cm³/mol. The lowest BCUT2D eigenvalue weighted by Gasteiger charge is -2.00. The van der Waals surface area contributed by atoms with Crippen molar-refractivity contribution in [2.24, 2.45) is 5.16 Å². The minimum atomic E-state index is 1.03. The first kappa shape index (κ1) is 9.26. The molecule has 0 bridgehead atoms. The summed E-state index contributed by atoms with van der Waals surface area (Å²) in [6.45, 7) is 2.03. The van der Waals surface area contributed by atoms with E-state index in [4.69, 9.17) is 0 Å². The maximum Gasteiger partial charge on any atom is 0.106 e. The second kappa shape index (κ2) is 4.26. The quantitative estimate of drug-likeness (QED) is 0.563. The van der Waals surface area contributed by atoms with Crippen molar-refractivity contribution in [2.45, 2.75) is 6.92 Å². The Morgan fingerprint density at radius 3 is 2.83 bits per heavy atom. The molecule has 1 rings (SSSR count). The van der Waals surface area contributed by atoms with Gasteiger partial charge >= 0.3 is 0 Å². The van der Waals surface area contributed by atoms with Crippen molar-refractivity contribution >= 4 is 22.1 Å². The summed E-state index contributed by atoms with van der Waals surface area (Å²) in [4.78, 5) is 4.60. The number of aryl methyl sites for hydroxylation is 1. The van der Waals surface area contributed by atoms with Crippen molar-refractivity contribution < 1.29 is 4.84 Å². The van der Waals surface area contributed by atoms with E-state index in [-0.39, 0.29) is 0 Å². The third-order valence-corrected chi connectivity index (χ3v) is 2.25. The molecule has 0 saturated heterocycles. The van der Waals surface area contributed by atoms with Crippen LogP contribution in [0.15, 0.2) is 27.8 Å². The highest BCUT2D eigenvalue weighted by Crippen LogP contribution is 2.17. The topological polar surface area (TPSA) is 21.6 Å². The van der Waals surface area contributed by atoms with E-state index < -0.39 is 0 Å². The standard InChI is InChI=1S/C9H10BrNO/c1-7-4-3-5-9(10)8(7)6-11-12-2/h3-6H,1-2H3/b11-6+. The van der Waals surface area contributed by atoms with Crippen LogP contribution in [0.3, 0.4) is 0 Å². The van der Waals surface area contributed by atoms with E-state index in [1.165, 1.54) is 12.7 Å². The van der Waals surface area contributed by atoms with E-state index in [0.29, 0.717) is 0 Å². The van der Waals surface area contributed by atoms with Crippen molar-refractivity contribution in [1.82, 2.24) is 0 Å². The molecule has 0 aliphatic carbocycles. The van der Waals surface area contributed by atoms with Crippen LogP contribution in [0.25, 0.3) is 0 Å². The van der Waals surface area contributed by atoms with Crippen LogP contribution in [0.5, 0.6) is 0 Å². The SMILES string of the molecule is CO/N=C/c1c(C)cccc1Br. The van der Waals surface area contributed by atoms with Crippen LogP contribution in [0.1, 0.15) is 11.1 Å². The fraction of sp³-hybridized carbons (Fsp3) is 0.222. The van der Waals surface area contributed by atoms with E-state index in [1.54, 1.807) is 6.21 Å². The molecule has 0 aliphatic rings. The molecule has 0 atom stereocenters. The number of hydrogen-bond donors (Lipinski definition) is 0. The van der Waals surface area contributed by atoms with Gasteiger partial charge in [0.15, 0.2) is 0 Å². The Morgan fingerprint density at radius 2 is 2.25 bits per heavy atom. The number of oxime groups is 1. The van der Waals surface area contributed by atoms with Gasteiger partial charge < -0.3 is 4.84 Å². The van der Waals surface area contributed by atoms with Crippen LogP contribution in [0, 0.1) is 6.92 Å². The molecule has 0 saturated carbocycles. The van der Waals surface area contributed by atoms with Crippen molar-refractivity contribution in [3.8, 4) is 0 Å². The summed E-state index contributed by atoms with van der Waals surface area (Å²) in [6, 6.07) is 6.00. The Kier molecular flexibility index (Phi) is 3.29. The number of rotatable bonds is 2. The molecular weight excluding hydrogens is 218 g/mol. The normalized spacial score (nSPS) is 10.6.